The molecule has 0 saturated heterocycles. The predicted molar refractivity (Wildman–Crippen MR) is 35.9 cm³/mol. The van der Waals surface area contributed by atoms with Crippen molar-refractivity contribution in [2.75, 3.05) is 12.4 Å². The first-order valence-electron chi connectivity index (χ1n) is 2.96. The van der Waals surface area contributed by atoms with Crippen LogP contribution in [0.25, 0.3) is 0 Å². The van der Waals surface area contributed by atoms with E-state index < -0.39 is 5.97 Å². The van der Waals surface area contributed by atoms with Crippen LogP contribution in [0.5, 0.6) is 0 Å². The van der Waals surface area contributed by atoms with Crippen LogP contribution in [0.15, 0.2) is 12.4 Å². The van der Waals surface area contributed by atoms with Crippen molar-refractivity contribution in [3.05, 3.63) is 18.1 Å². The number of aromatic nitrogens is 2. The summed E-state index contributed by atoms with van der Waals surface area (Å²) in [7, 11) is 1.57. The zero-order valence-corrected chi connectivity index (χ0v) is 8.87. The molecule has 1 aromatic heterocycles. The molecule has 0 aromatic carbocycles. The minimum absolute atomic E-state index is 0. The second kappa shape index (κ2) is 5.08. The Bertz CT molecular complexity index is 279. The van der Waals surface area contributed by atoms with Gasteiger partial charge in [0.25, 0.3) is 0 Å². The SMILES string of the molecule is CNc1nccnc1C(=O)[O-].[Na+]. The maximum absolute atomic E-state index is 10.3. The summed E-state index contributed by atoms with van der Waals surface area (Å²) in [6, 6.07) is 0. The van der Waals surface area contributed by atoms with Gasteiger partial charge in [-0.05, 0) is 0 Å². The molecule has 0 radical (unpaired) electrons. The molecule has 6 heteroatoms. The quantitative estimate of drug-likeness (QED) is 0.462. The summed E-state index contributed by atoms with van der Waals surface area (Å²) < 4.78 is 0. The van der Waals surface area contributed by atoms with Crippen LogP contribution in [0.4, 0.5) is 5.82 Å². The van der Waals surface area contributed by atoms with E-state index in [9.17, 15) is 9.90 Å². The van der Waals surface area contributed by atoms with E-state index in [0.717, 1.165) is 0 Å². The van der Waals surface area contributed by atoms with Gasteiger partial charge in [0.05, 0.1) is 5.97 Å². The Morgan fingerprint density at radius 1 is 1.50 bits per heavy atom. The molecule has 1 rings (SSSR count). The van der Waals surface area contributed by atoms with Gasteiger partial charge in [0.2, 0.25) is 0 Å². The number of anilines is 1. The van der Waals surface area contributed by atoms with E-state index in [1.807, 2.05) is 0 Å². The summed E-state index contributed by atoms with van der Waals surface area (Å²) in [4.78, 5) is 17.6. The van der Waals surface area contributed by atoms with Crippen molar-refractivity contribution in [2.24, 2.45) is 0 Å². The van der Waals surface area contributed by atoms with Gasteiger partial charge < -0.3 is 15.2 Å². The standard InChI is InChI=1S/C6H7N3O2.Na/c1-7-5-4(6(10)11)8-2-3-9-5;/h2-3H,1H3,(H,7,9)(H,10,11);/q;+1/p-1. The first-order chi connectivity index (χ1) is 5.25. The van der Waals surface area contributed by atoms with E-state index >= 15 is 0 Å². The number of carboxylic acid groups (broad SMARTS) is 1. The van der Waals surface area contributed by atoms with Crippen LogP contribution in [0.1, 0.15) is 10.5 Å². The van der Waals surface area contributed by atoms with Crippen molar-refractivity contribution in [1.82, 2.24) is 9.97 Å². The fourth-order valence-electron chi connectivity index (χ4n) is 0.670. The maximum atomic E-state index is 10.3. The number of hydrogen-bond acceptors (Lipinski definition) is 5. The van der Waals surface area contributed by atoms with Crippen LogP contribution in [-0.4, -0.2) is 23.0 Å². The van der Waals surface area contributed by atoms with Crippen LogP contribution in [-0.2, 0) is 0 Å². The van der Waals surface area contributed by atoms with E-state index in [-0.39, 0.29) is 41.1 Å². The Morgan fingerprint density at radius 3 is 2.50 bits per heavy atom. The minimum atomic E-state index is -1.33. The molecule has 1 N–H and O–H groups in total. The van der Waals surface area contributed by atoms with E-state index in [1.165, 1.54) is 12.4 Å². The average molecular weight is 175 g/mol. The third-order valence-corrected chi connectivity index (χ3v) is 1.13. The number of hydrogen-bond donors (Lipinski definition) is 1. The molecule has 1 aromatic rings. The molecule has 0 aliphatic carbocycles. The molecule has 0 unspecified atom stereocenters. The molecule has 0 amide bonds. The van der Waals surface area contributed by atoms with E-state index in [4.69, 9.17) is 0 Å². The van der Waals surface area contributed by atoms with Gasteiger partial charge in [-0.1, -0.05) is 0 Å². The minimum Gasteiger partial charge on any atom is -0.543 e. The number of carbonyl (C=O) groups excluding carboxylic acids is 1. The van der Waals surface area contributed by atoms with Crippen LogP contribution in [0.3, 0.4) is 0 Å². The van der Waals surface area contributed by atoms with E-state index in [0.29, 0.717) is 0 Å². The number of aromatic carboxylic acids is 1. The second-order valence-electron chi connectivity index (χ2n) is 1.79. The van der Waals surface area contributed by atoms with Crippen LogP contribution < -0.4 is 40.0 Å². The Labute approximate surface area is 91.5 Å². The summed E-state index contributed by atoms with van der Waals surface area (Å²) in [6.45, 7) is 0. The van der Waals surface area contributed by atoms with Gasteiger partial charge in [-0.15, -0.1) is 0 Å². The normalized spacial score (nSPS) is 8.42. The molecule has 12 heavy (non-hydrogen) atoms. The van der Waals surface area contributed by atoms with Crippen molar-refractivity contribution < 1.29 is 39.5 Å². The number of carboxylic acids is 1. The van der Waals surface area contributed by atoms with Crippen LogP contribution >= 0.6 is 0 Å². The smallest absolute Gasteiger partial charge is 0.543 e. The molecular formula is C6H6N3NaO2. The third kappa shape index (κ3) is 2.44. The molecule has 0 fully saturated rings. The van der Waals surface area contributed by atoms with Crippen LogP contribution in [0, 0.1) is 0 Å². The molecule has 0 saturated carbocycles. The van der Waals surface area contributed by atoms with Gasteiger partial charge in [-0.3, -0.25) is 0 Å². The first-order valence-corrected chi connectivity index (χ1v) is 2.96. The number of rotatable bonds is 2. The largest absolute Gasteiger partial charge is 1.00 e. The number of nitrogens with zero attached hydrogens (tertiary/aromatic N) is 2. The zero-order valence-electron chi connectivity index (χ0n) is 6.87. The van der Waals surface area contributed by atoms with Gasteiger partial charge in [-0.2, -0.15) is 0 Å². The van der Waals surface area contributed by atoms with Crippen molar-refractivity contribution in [1.29, 1.82) is 0 Å². The molecule has 58 valence electrons. The van der Waals surface area contributed by atoms with Crippen molar-refractivity contribution in [3.63, 3.8) is 0 Å². The molecule has 0 atom stereocenters. The predicted octanol–water partition coefficient (Wildman–Crippen LogP) is -4.11. The second-order valence-corrected chi connectivity index (χ2v) is 1.79. The van der Waals surface area contributed by atoms with Crippen molar-refractivity contribution in [2.45, 2.75) is 0 Å². The van der Waals surface area contributed by atoms with Crippen molar-refractivity contribution >= 4 is 11.8 Å². The molecule has 1 heterocycles. The molecule has 0 aliphatic heterocycles. The van der Waals surface area contributed by atoms with E-state index in [1.54, 1.807) is 7.05 Å². The molecular weight excluding hydrogens is 169 g/mol. The summed E-state index contributed by atoms with van der Waals surface area (Å²) >= 11 is 0. The summed E-state index contributed by atoms with van der Waals surface area (Å²) in [5, 5.41) is 12.9. The first kappa shape index (κ1) is 11.4. The van der Waals surface area contributed by atoms with Gasteiger partial charge in [0.1, 0.15) is 5.69 Å². The molecule has 0 spiro atoms. The fraction of sp³-hybridized carbons (Fsp3) is 0.167. The summed E-state index contributed by atoms with van der Waals surface area (Å²) in [6.07, 6.45) is 2.70. The maximum Gasteiger partial charge on any atom is 1.00 e. The van der Waals surface area contributed by atoms with Crippen LogP contribution in [0.2, 0.25) is 0 Å². The van der Waals surface area contributed by atoms with Gasteiger partial charge >= 0.3 is 29.6 Å². The Morgan fingerprint density at radius 2 is 2.08 bits per heavy atom. The number of nitrogens with one attached hydrogen (secondary N) is 1. The summed E-state index contributed by atoms with van der Waals surface area (Å²) in [5.41, 5.74) is -0.171. The fourth-order valence-corrected chi connectivity index (χ4v) is 0.670. The molecule has 0 aliphatic rings. The van der Waals surface area contributed by atoms with Gasteiger partial charge in [-0.25, -0.2) is 9.97 Å². The average Bonchev–Trinajstić information content (AvgIpc) is 2.04. The van der Waals surface area contributed by atoms with Crippen molar-refractivity contribution in [3.8, 4) is 0 Å². The third-order valence-electron chi connectivity index (χ3n) is 1.13. The molecule has 0 bridgehead atoms. The Hall–Kier alpha value is -0.650. The van der Waals surface area contributed by atoms with E-state index in [2.05, 4.69) is 15.3 Å². The Balaban J connectivity index is 0.00000121. The zero-order chi connectivity index (χ0) is 8.27. The number of carbonyl (C=O) groups is 1. The molecule has 5 nitrogen and oxygen atoms in total. The topological polar surface area (TPSA) is 77.9 Å². The van der Waals surface area contributed by atoms with Gasteiger partial charge in [0, 0.05) is 19.4 Å². The van der Waals surface area contributed by atoms with Gasteiger partial charge in [0.15, 0.2) is 5.82 Å². The monoisotopic (exact) mass is 175 g/mol. The Kier molecular flexibility index (Phi) is 4.80. The summed E-state index contributed by atoms with van der Waals surface area (Å²) in [5.74, 6) is -1.12.